The molecule has 4 N–H and O–H groups in total. The number of sulfonamides is 1. The molecule has 9 nitrogen and oxygen atoms in total. The summed E-state index contributed by atoms with van der Waals surface area (Å²) in [6.45, 7) is 4.22. The van der Waals surface area contributed by atoms with Crippen LogP contribution >= 0.6 is 11.3 Å². The number of carboxylic acids is 1. The summed E-state index contributed by atoms with van der Waals surface area (Å²) in [4.78, 5) is 23.8. The van der Waals surface area contributed by atoms with E-state index in [0.717, 1.165) is 44.7 Å². The van der Waals surface area contributed by atoms with Crippen LogP contribution in [0.3, 0.4) is 0 Å². The summed E-state index contributed by atoms with van der Waals surface area (Å²) in [7, 11) is -4.10. The monoisotopic (exact) mass is 642 g/mol. The van der Waals surface area contributed by atoms with Gasteiger partial charge in [-0.2, -0.15) is 0 Å². The van der Waals surface area contributed by atoms with Crippen molar-refractivity contribution in [1.82, 2.24) is 5.32 Å². The minimum Gasteiger partial charge on any atom is -0.508 e. The largest absolute Gasteiger partial charge is 0.508 e. The number of ether oxygens (including phenoxy) is 1. The second kappa shape index (κ2) is 13.2. The Kier molecular flexibility index (Phi) is 9.21. The van der Waals surface area contributed by atoms with E-state index in [-0.39, 0.29) is 28.0 Å². The maximum Gasteiger partial charge on any atom is 0.347 e. The molecule has 0 aliphatic rings. The van der Waals surface area contributed by atoms with Crippen LogP contribution in [0.2, 0.25) is 0 Å². The van der Waals surface area contributed by atoms with Crippen molar-refractivity contribution in [2.45, 2.75) is 31.9 Å². The summed E-state index contributed by atoms with van der Waals surface area (Å²) in [6.07, 6.45) is 0. The Morgan fingerprint density at radius 2 is 1.64 bits per heavy atom. The standard InChI is InChI=1S/C34H30N2O7S2/c1-21-14-24(17-28(15-21)36-45(41,42)31-12-13-44-32(31)34(39)40)20-43-30-11-6-23(16-22(30)2)19-35-33(38)27-5-3-4-26(18-27)25-7-9-29(37)10-8-25/h3-18,36-37H,19-20H2,1-2H3,(H,35,38)(H,39,40). The van der Waals surface area contributed by atoms with Gasteiger partial charge in [-0.25, -0.2) is 13.2 Å². The van der Waals surface area contributed by atoms with Gasteiger partial charge in [0.15, 0.2) is 0 Å². The maximum absolute atomic E-state index is 12.9. The number of hydrogen-bond donors (Lipinski definition) is 4. The van der Waals surface area contributed by atoms with Crippen molar-refractivity contribution >= 4 is 38.9 Å². The van der Waals surface area contributed by atoms with E-state index in [1.165, 1.54) is 11.4 Å². The number of benzene rings is 4. The number of aromatic carboxylic acids is 1. The summed E-state index contributed by atoms with van der Waals surface area (Å²) in [5, 5.41) is 23.2. The first-order chi connectivity index (χ1) is 21.5. The molecule has 0 aliphatic carbocycles. The number of amides is 1. The molecule has 4 aromatic carbocycles. The molecule has 1 heterocycles. The molecule has 0 fully saturated rings. The first-order valence-corrected chi connectivity index (χ1v) is 16.2. The van der Waals surface area contributed by atoms with Crippen LogP contribution in [0.25, 0.3) is 11.1 Å². The Hall–Kier alpha value is -5.13. The highest BCUT2D eigenvalue weighted by molar-refractivity contribution is 7.93. The fourth-order valence-electron chi connectivity index (χ4n) is 4.80. The van der Waals surface area contributed by atoms with Crippen LogP contribution in [0, 0.1) is 13.8 Å². The second-order valence-electron chi connectivity index (χ2n) is 10.4. The van der Waals surface area contributed by atoms with Crippen LogP contribution in [-0.2, 0) is 23.2 Å². The van der Waals surface area contributed by atoms with Gasteiger partial charge in [0, 0.05) is 17.8 Å². The van der Waals surface area contributed by atoms with Gasteiger partial charge in [0.1, 0.15) is 27.9 Å². The van der Waals surface area contributed by atoms with Crippen molar-refractivity contribution < 1.29 is 33.0 Å². The first-order valence-electron chi connectivity index (χ1n) is 13.8. The number of carbonyl (C=O) groups is 2. The minimum atomic E-state index is -4.10. The van der Waals surface area contributed by atoms with Crippen molar-refractivity contribution in [2.24, 2.45) is 0 Å². The summed E-state index contributed by atoms with van der Waals surface area (Å²) < 4.78 is 34.3. The van der Waals surface area contributed by atoms with Gasteiger partial charge in [-0.05, 0) is 101 Å². The lowest BCUT2D eigenvalue weighted by molar-refractivity contribution is 0.0698. The number of thiophene rings is 1. The van der Waals surface area contributed by atoms with Crippen molar-refractivity contribution in [2.75, 3.05) is 4.72 Å². The number of carbonyl (C=O) groups excluding carboxylic acids is 1. The third-order valence-corrected chi connectivity index (χ3v) is 9.37. The molecule has 0 unspecified atom stereocenters. The molecule has 45 heavy (non-hydrogen) atoms. The Balaban J connectivity index is 1.20. The van der Waals surface area contributed by atoms with Crippen LogP contribution < -0.4 is 14.8 Å². The Labute approximate surface area is 264 Å². The van der Waals surface area contributed by atoms with Crippen molar-refractivity contribution in [3.05, 3.63) is 129 Å². The van der Waals surface area contributed by atoms with Gasteiger partial charge in [0.25, 0.3) is 15.9 Å². The lowest BCUT2D eigenvalue weighted by atomic mass is 10.0. The topological polar surface area (TPSA) is 142 Å². The van der Waals surface area contributed by atoms with Crippen LogP contribution in [0.4, 0.5) is 5.69 Å². The van der Waals surface area contributed by atoms with Crippen LogP contribution in [0.5, 0.6) is 11.5 Å². The third kappa shape index (κ3) is 7.69. The smallest absolute Gasteiger partial charge is 0.347 e. The summed E-state index contributed by atoms with van der Waals surface area (Å²) >= 11 is 0.847. The average Bonchev–Trinajstić information content (AvgIpc) is 3.51. The molecule has 230 valence electrons. The maximum atomic E-state index is 12.9. The molecule has 0 atom stereocenters. The number of hydrogen-bond acceptors (Lipinski definition) is 7. The van der Waals surface area contributed by atoms with Gasteiger partial charge in [-0.15, -0.1) is 11.3 Å². The average molecular weight is 643 g/mol. The third-order valence-electron chi connectivity index (χ3n) is 6.91. The summed E-state index contributed by atoms with van der Waals surface area (Å²) in [6, 6.07) is 26.1. The number of anilines is 1. The lowest BCUT2D eigenvalue weighted by Gasteiger charge is -2.14. The van der Waals surface area contributed by atoms with Crippen molar-refractivity contribution in [3.63, 3.8) is 0 Å². The minimum absolute atomic E-state index is 0.170. The van der Waals surface area contributed by atoms with Crippen molar-refractivity contribution in [3.8, 4) is 22.6 Å². The van der Waals surface area contributed by atoms with Gasteiger partial charge in [-0.1, -0.05) is 42.5 Å². The molecular weight excluding hydrogens is 613 g/mol. The van der Waals surface area contributed by atoms with Gasteiger partial charge in [0.05, 0.1) is 0 Å². The van der Waals surface area contributed by atoms with Crippen LogP contribution in [0.1, 0.15) is 42.3 Å². The highest BCUT2D eigenvalue weighted by Gasteiger charge is 2.24. The summed E-state index contributed by atoms with van der Waals surface area (Å²) in [5.74, 6) is -0.695. The van der Waals surface area contributed by atoms with Crippen LogP contribution in [0.15, 0.2) is 101 Å². The molecule has 5 aromatic rings. The fourth-order valence-corrected chi connectivity index (χ4v) is 7.10. The molecular formula is C34H30N2O7S2. The van der Waals surface area contributed by atoms with Gasteiger partial charge >= 0.3 is 5.97 Å². The SMILES string of the molecule is Cc1cc(COc2ccc(CNC(=O)c3cccc(-c4ccc(O)cc4)c3)cc2C)cc(NS(=O)(=O)c2ccsc2C(=O)O)c1. The van der Waals surface area contributed by atoms with Crippen LogP contribution in [-0.4, -0.2) is 30.5 Å². The number of rotatable bonds is 11. The molecule has 0 aliphatic heterocycles. The Morgan fingerprint density at radius 3 is 2.38 bits per heavy atom. The van der Waals surface area contributed by atoms with E-state index in [0.29, 0.717) is 23.5 Å². The molecule has 1 amide bonds. The van der Waals surface area contributed by atoms with Gasteiger partial charge in [0.2, 0.25) is 0 Å². The molecule has 11 heteroatoms. The van der Waals surface area contributed by atoms with E-state index in [1.54, 1.807) is 48.5 Å². The number of carboxylic acid groups (broad SMARTS) is 1. The van der Waals surface area contributed by atoms with E-state index in [1.807, 2.05) is 50.2 Å². The number of nitrogens with one attached hydrogen (secondary N) is 2. The number of aromatic hydroxyl groups is 1. The predicted molar refractivity (Wildman–Crippen MR) is 173 cm³/mol. The fraction of sp³-hybridized carbons (Fsp3) is 0.118. The lowest BCUT2D eigenvalue weighted by Crippen LogP contribution is -2.22. The van der Waals surface area contributed by atoms with E-state index >= 15 is 0 Å². The Morgan fingerprint density at radius 1 is 0.867 bits per heavy atom. The zero-order valence-electron chi connectivity index (χ0n) is 24.4. The predicted octanol–water partition coefficient (Wildman–Crippen LogP) is 6.75. The number of phenols is 1. The Bertz CT molecular complexity index is 1980. The normalized spacial score (nSPS) is 11.2. The van der Waals surface area contributed by atoms with E-state index in [4.69, 9.17) is 4.74 Å². The highest BCUT2D eigenvalue weighted by atomic mass is 32.2. The molecule has 5 rings (SSSR count). The molecule has 0 saturated heterocycles. The summed E-state index contributed by atoms with van der Waals surface area (Å²) in [5.41, 5.74) is 5.86. The zero-order valence-corrected chi connectivity index (χ0v) is 26.0. The van der Waals surface area contributed by atoms with E-state index < -0.39 is 16.0 Å². The quantitative estimate of drug-likeness (QED) is 0.125. The molecule has 0 saturated carbocycles. The van der Waals surface area contributed by atoms with Crippen molar-refractivity contribution in [1.29, 1.82) is 0 Å². The molecule has 0 radical (unpaired) electrons. The van der Waals surface area contributed by atoms with Gasteiger partial charge < -0.3 is 20.3 Å². The number of phenolic OH excluding ortho intramolecular Hbond substituents is 1. The zero-order chi connectivity index (χ0) is 32.1. The van der Waals surface area contributed by atoms with E-state index in [2.05, 4.69) is 10.0 Å². The van der Waals surface area contributed by atoms with E-state index in [9.17, 15) is 28.2 Å². The second-order valence-corrected chi connectivity index (χ2v) is 13.0. The first kappa shape index (κ1) is 31.3. The molecule has 1 aromatic heterocycles. The molecule has 0 spiro atoms. The number of aryl methyl sites for hydroxylation is 2. The highest BCUT2D eigenvalue weighted by Crippen LogP contribution is 2.27. The molecule has 0 bridgehead atoms. The van der Waals surface area contributed by atoms with Gasteiger partial charge in [-0.3, -0.25) is 9.52 Å².